The van der Waals surface area contributed by atoms with Crippen molar-refractivity contribution in [2.75, 3.05) is 6.61 Å². The number of benzene rings is 3. The summed E-state index contributed by atoms with van der Waals surface area (Å²) >= 11 is 0. The SMILES string of the molecule is CCCCc1ccc(-c2ccc(-c3ccc(OCC(F)F)c(F)c3F)c(F)c2F)cc1. The topological polar surface area (TPSA) is 9.23 Å². The first-order valence-electron chi connectivity index (χ1n) is 9.80. The molecule has 0 aromatic heterocycles. The molecule has 0 saturated heterocycles. The van der Waals surface area contributed by atoms with Gasteiger partial charge in [0.25, 0.3) is 6.43 Å². The lowest BCUT2D eigenvalue weighted by atomic mass is 9.97. The Morgan fingerprint density at radius 1 is 0.710 bits per heavy atom. The molecule has 0 spiro atoms. The molecule has 1 nitrogen and oxygen atoms in total. The van der Waals surface area contributed by atoms with Crippen molar-refractivity contribution >= 4 is 0 Å². The molecule has 0 fully saturated rings. The monoisotopic (exact) mass is 438 g/mol. The van der Waals surface area contributed by atoms with Crippen molar-refractivity contribution in [1.29, 1.82) is 0 Å². The Bertz CT molecular complexity index is 1050. The molecule has 0 aliphatic heterocycles. The summed E-state index contributed by atoms with van der Waals surface area (Å²) in [6, 6.07) is 11.3. The summed E-state index contributed by atoms with van der Waals surface area (Å²) in [6.07, 6.45) is 0.0703. The van der Waals surface area contributed by atoms with Crippen LogP contribution < -0.4 is 4.74 Å². The van der Waals surface area contributed by atoms with E-state index in [4.69, 9.17) is 0 Å². The van der Waals surface area contributed by atoms with Gasteiger partial charge in [0.1, 0.15) is 6.61 Å². The summed E-state index contributed by atoms with van der Waals surface area (Å²) in [5.41, 5.74) is 0.485. The van der Waals surface area contributed by atoms with E-state index in [-0.39, 0.29) is 5.56 Å². The fourth-order valence-corrected chi connectivity index (χ4v) is 3.22. The molecule has 0 N–H and O–H groups in total. The molecule has 164 valence electrons. The lowest BCUT2D eigenvalue weighted by Gasteiger charge is -2.13. The van der Waals surface area contributed by atoms with Crippen LogP contribution in [0, 0.1) is 23.3 Å². The highest BCUT2D eigenvalue weighted by Crippen LogP contribution is 2.35. The van der Waals surface area contributed by atoms with Gasteiger partial charge in [0.2, 0.25) is 5.82 Å². The van der Waals surface area contributed by atoms with Gasteiger partial charge in [-0.25, -0.2) is 22.0 Å². The molecule has 0 aliphatic rings. The van der Waals surface area contributed by atoms with Gasteiger partial charge < -0.3 is 4.74 Å². The third-order valence-electron chi connectivity index (χ3n) is 4.87. The predicted octanol–water partition coefficient (Wildman–Crippen LogP) is 7.56. The van der Waals surface area contributed by atoms with Crippen molar-refractivity contribution in [1.82, 2.24) is 0 Å². The summed E-state index contributed by atoms with van der Waals surface area (Å²) in [6.45, 7) is 0.956. The number of unbranched alkanes of at least 4 members (excludes halogenated alkanes) is 1. The number of aryl methyl sites for hydroxylation is 1. The molecule has 3 aromatic rings. The molecule has 3 rings (SSSR count). The Morgan fingerprint density at radius 2 is 1.26 bits per heavy atom. The van der Waals surface area contributed by atoms with Crippen LogP contribution in [0.15, 0.2) is 48.5 Å². The lowest BCUT2D eigenvalue weighted by molar-refractivity contribution is 0.0795. The van der Waals surface area contributed by atoms with Gasteiger partial charge in [-0.15, -0.1) is 0 Å². The van der Waals surface area contributed by atoms with E-state index >= 15 is 0 Å². The minimum Gasteiger partial charge on any atom is -0.484 e. The summed E-state index contributed by atoms with van der Waals surface area (Å²) in [7, 11) is 0. The molecule has 3 aromatic carbocycles. The van der Waals surface area contributed by atoms with Crippen molar-refractivity contribution in [3.8, 4) is 28.0 Å². The van der Waals surface area contributed by atoms with Gasteiger partial charge in [-0.3, -0.25) is 0 Å². The van der Waals surface area contributed by atoms with Gasteiger partial charge in [0.15, 0.2) is 23.2 Å². The molecule has 0 unspecified atom stereocenters. The number of halogens is 6. The smallest absolute Gasteiger partial charge is 0.272 e. The normalized spacial score (nSPS) is 11.2. The van der Waals surface area contributed by atoms with Crippen LogP contribution in [-0.2, 0) is 6.42 Å². The average Bonchev–Trinajstić information content (AvgIpc) is 2.76. The fraction of sp³-hybridized carbons (Fsp3) is 0.250. The van der Waals surface area contributed by atoms with E-state index in [1.165, 1.54) is 6.07 Å². The lowest BCUT2D eigenvalue weighted by Crippen LogP contribution is -2.09. The summed E-state index contributed by atoms with van der Waals surface area (Å²) in [4.78, 5) is 0. The van der Waals surface area contributed by atoms with E-state index in [9.17, 15) is 26.3 Å². The van der Waals surface area contributed by atoms with E-state index in [2.05, 4.69) is 11.7 Å². The van der Waals surface area contributed by atoms with Gasteiger partial charge in [0, 0.05) is 16.7 Å². The minimum absolute atomic E-state index is 0.0129. The first kappa shape index (κ1) is 22.7. The third-order valence-corrected chi connectivity index (χ3v) is 4.87. The molecule has 0 heterocycles. The maximum Gasteiger partial charge on any atom is 0.272 e. The van der Waals surface area contributed by atoms with Gasteiger partial charge in [-0.2, -0.15) is 4.39 Å². The Kier molecular flexibility index (Phi) is 7.25. The second kappa shape index (κ2) is 9.90. The highest BCUT2D eigenvalue weighted by atomic mass is 19.3. The van der Waals surface area contributed by atoms with Crippen LogP contribution in [0.5, 0.6) is 5.75 Å². The molecule has 0 bridgehead atoms. The van der Waals surface area contributed by atoms with Crippen molar-refractivity contribution in [3.63, 3.8) is 0 Å². The predicted molar refractivity (Wildman–Crippen MR) is 107 cm³/mol. The Morgan fingerprint density at radius 3 is 1.87 bits per heavy atom. The van der Waals surface area contributed by atoms with Crippen LogP contribution in [0.2, 0.25) is 0 Å². The van der Waals surface area contributed by atoms with Gasteiger partial charge in [-0.1, -0.05) is 49.7 Å². The maximum atomic E-state index is 14.8. The quantitative estimate of drug-likeness (QED) is 0.330. The molecule has 0 saturated carbocycles. The highest BCUT2D eigenvalue weighted by molar-refractivity contribution is 5.72. The molecule has 7 heteroatoms. The van der Waals surface area contributed by atoms with Crippen LogP contribution >= 0.6 is 0 Å². The largest absolute Gasteiger partial charge is 0.484 e. The minimum atomic E-state index is -2.87. The molecule has 0 aliphatic carbocycles. The van der Waals surface area contributed by atoms with Crippen LogP contribution in [0.1, 0.15) is 25.3 Å². The zero-order valence-electron chi connectivity index (χ0n) is 16.7. The van der Waals surface area contributed by atoms with Crippen molar-refractivity contribution in [3.05, 3.63) is 77.4 Å². The molecule has 31 heavy (non-hydrogen) atoms. The van der Waals surface area contributed by atoms with Gasteiger partial charge in [0.05, 0.1) is 0 Å². The number of rotatable bonds is 8. The van der Waals surface area contributed by atoms with E-state index < -0.39 is 53.2 Å². The molecular formula is C24H20F6O. The van der Waals surface area contributed by atoms with Crippen molar-refractivity contribution in [2.45, 2.75) is 32.6 Å². The first-order chi connectivity index (χ1) is 14.8. The maximum absolute atomic E-state index is 14.8. The molecule has 0 radical (unpaired) electrons. The highest BCUT2D eigenvalue weighted by Gasteiger charge is 2.22. The van der Waals surface area contributed by atoms with E-state index in [0.717, 1.165) is 43.0 Å². The Hall–Kier alpha value is -2.96. The summed E-state index contributed by atoms with van der Waals surface area (Å²) in [5, 5.41) is 0. The Labute approximate surface area is 176 Å². The number of hydrogen-bond donors (Lipinski definition) is 0. The van der Waals surface area contributed by atoms with Gasteiger partial charge >= 0.3 is 0 Å². The molecule has 0 amide bonds. The first-order valence-corrected chi connectivity index (χ1v) is 9.80. The van der Waals surface area contributed by atoms with Crippen LogP contribution in [0.25, 0.3) is 22.3 Å². The second-order valence-corrected chi connectivity index (χ2v) is 7.03. The van der Waals surface area contributed by atoms with Crippen molar-refractivity contribution < 1.29 is 31.1 Å². The third kappa shape index (κ3) is 5.03. The zero-order valence-corrected chi connectivity index (χ0v) is 16.7. The fourth-order valence-electron chi connectivity index (χ4n) is 3.22. The summed E-state index contributed by atoms with van der Waals surface area (Å²) in [5.74, 6) is -6.34. The summed E-state index contributed by atoms with van der Waals surface area (Å²) < 4.78 is 87.0. The zero-order chi connectivity index (χ0) is 22.5. The standard InChI is InChI=1S/C24H20F6O/c1-2-3-4-14-5-7-15(8-6-14)16-9-10-17(22(28)21(16)27)18-11-12-19(24(30)23(18)29)31-13-20(25)26/h5-12,20H,2-4,13H2,1H3. The van der Waals surface area contributed by atoms with Crippen LogP contribution in [-0.4, -0.2) is 13.0 Å². The van der Waals surface area contributed by atoms with Crippen molar-refractivity contribution in [2.24, 2.45) is 0 Å². The van der Waals surface area contributed by atoms with E-state index in [1.54, 1.807) is 12.1 Å². The van der Waals surface area contributed by atoms with Gasteiger partial charge in [-0.05, 0) is 36.1 Å². The molecular weight excluding hydrogens is 418 g/mol. The number of hydrogen-bond acceptors (Lipinski definition) is 1. The van der Waals surface area contributed by atoms with E-state index in [0.29, 0.717) is 5.56 Å². The number of ether oxygens (including phenoxy) is 1. The van der Waals surface area contributed by atoms with E-state index in [1.807, 2.05) is 12.1 Å². The number of alkyl halides is 2. The van der Waals surface area contributed by atoms with Crippen LogP contribution in [0.4, 0.5) is 26.3 Å². The van der Waals surface area contributed by atoms with Crippen LogP contribution in [0.3, 0.4) is 0 Å². The Balaban J connectivity index is 1.93. The molecule has 0 atom stereocenters. The second-order valence-electron chi connectivity index (χ2n) is 7.03. The average molecular weight is 438 g/mol.